The molecule has 1 atom stereocenters. The van der Waals surface area contributed by atoms with Gasteiger partial charge in [0.25, 0.3) is 0 Å². The molecule has 1 aromatic heterocycles. The van der Waals surface area contributed by atoms with Crippen molar-refractivity contribution in [3.05, 3.63) is 52.2 Å². The van der Waals surface area contributed by atoms with Crippen molar-refractivity contribution >= 4 is 11.3 Å². The third kappa shape index (κ3) is 3.17. The highest BCUT2D eigenvalue weighted by molar-refractivity contribution is 7.10. The zero-order valence-electron chi connectivity index (χ0n) is 11.6. The first kappa shape index (κ1) is 14.1. The van der Waals surface area contributed by atoms with Gasteiger partial charge >= 0.3 is 0 Å². The second kappa shape index (κ2) is 6.22. The van der Waals surface area contributed by atoms with Crippen molar-refractivity contribution in [2.24, 2.45) is 5.73 Å². The molecule has 0 aliphatic rings. The normalized spacial score (nSPS) is 14.1. The number of rotatable bonds is 6. The molecule has 0 bridgehead atoms. The minimum absolute atomic E-state index is 0.0264. The van der Waals surface area contributed by atoms with Crippen LogP contribution in [0.25, 0.3) is 0 Å². The van der Waals surface area contributed by atoms with Crippen LogP contribution in [0.1, 0.15) is 24.3 Å². The SMILES string of the molecule is CCOc1ccccc1CC(C)(CN)c1cccs1. The van der Waals surface area contributed by atoms with E-state index >= 15 is 0 Å². The molecular weight excluding hydrogens is 254 g/mol. The van der Waals surface area contributed by atoms with Crippen LogP contribution in [0.15, 0.2) is 41.8 Å². The molecule has 2 N–H and O–H groups in total. The summed E-state index contributed by atoms with van der Waals surface area (Å²) in [6, 6.07) is 12.5. The first-order valence-electron chi connectivity index (χ1n) is 6.64. The number of benzene rings is 1. The maximum atomic E-state index is 6.04. The third-order valence-corrected chi connectivity index (χ3v) is 4.60. The fourth-order valence-electron chi connectivity index (χ4n) is 2.25. The Bertz CT molecular complexity index is 509. The van der Waals surface area contributed by atoms with Gasteiger partial charge in [-0.05, 0) is 36.4 Å². The van der Waals surface area contributed by atoms with Crippen LogP contribution in [0.5, 0.6) is 5.75 Å². The number of para-hydroxylation sites is 1. The number of nitrogens with two attached hydrogens (primary N) is 1. The Kier molecular flexibility index (Phi) is 4.61. The summed E-state index contributed by atoms with van der Waals surface area (Å²) in [7, 11) is 0. The van der Waals surface area contributed by atoms with Crippen molar-refractivity contribution in [2.75, 3.05) is 13.2 Å². The van der Waals surface area contributed by atoms with Crippen LogP contribution in [0, 0.1) is 0 Å². The monoisotopic (exact) mass is 275 g/mol. The number of thiophene rings is 1. The molecule has 0 amide bonds. The van der Waals surface area contributed by atoms with Crippen LogP contribution >= 0.6 is 11.3 Å². The Labute approximate surface area is 119 Å². The zero-order chi connectivity index (χ0) is 13.7. The van der Waals surface area contributed by atoms with Gasteiger partial charge in [-0.25, -0.2) is 0 Å². The molecule has 2 nitrogen and oxygen atoms in total. The molecule has 1 heterocycles. The highest BCUT2D eigenvalue weighted by atomic mass is 32.1. The average molecular weight is 275 g/mol. The summed E-state index contributed by atoms with van der Waals surface area (Å²) in [5.41, 5.74) is 7.24. The quantitative estimate of drug-likeness (QED) is 0.874. The maximum absolute atomic E-state index is 6.04. The van der Waals surface area contributed by atoms with Gasteiger partial charge in [0.2, 0.25) is 0 Å². The molecule has 0 spiro atoms. The van der Waals surface area contributed by atoms with E-state index in [1.807, 2.05) is 19.1 Å². The molecule has 0 saturated heterocycles. The summed E-state index contributed by atoms with van der Waals surface area (Å²) in [5.74, 6) is 0.973. The van der Waals surface area contributed by atoms with Crippen molar-refractivity contribution in [2.45, 2.75) is 25.7 Å². The summed E-state index contributed by atoms with van der Waals surface area (Å²) in [4.78, 5) is 1.33. The summed E-state index contributed by atoms with van der Waals surface area (Å²) in [5, 5.41) is 2.11. The molecule has 2 aromatic rings. The Balaban J connectivity index is 2.28. The lowest BCUT2D eigenvalue weighted by Gasteiger charge is -2.27. The lowest BCUT2D eigenvalue weighted by molar-refractivity contribution is 0.333. The molecule has 1 unspecified atom stereocenters. The molecule has 1 aromatic carbocycles. The zero-order valence-corrected chi connectivity index (χ0v) is 12.4. The molecule has 0 aliphatic carbocycles. The highest BCUT2D eigenvalue weighted by Gasteiger charge is 2.27. The second-order valence-electron chi connectivity index (χ2n) is 4.96. The first-order valence-corrected chi connectivity index (χ1v) is 7.52. The van der Waals surface area contributed by atoms with Crippen molar-refractivity contribution < 1.29 is 4.74 Å². The van der Waals surface area contributed by atoms with Gasteiger partial charge in [-0.3, -0.25) is 0 Å². The van der Waals surface area contributed by atoms with E-state index in [1.54, 1.807) is 11.3 Å². The van der Waals surface area contributed by atoms with Crippen LogP contribution in [0.2, 0.25) is 0 Å². The summed E-state index contributed by atoms with van der Waals surface area (Å²) in [6.07, 6.45) is 0.903. The van der Waals surface area contributed by atoms with Gasteiger partial charge in [-0.15, -0.1) is 11.3 Å². The van der Waals surface area contributed by atoms with E-state index in [1.165, 1.54) is 10.4 Å². The van der Waals surface area contributed by atoms with Crippen molar-refractivity contribution in [1.29, 1.82) is 0 Å². The number of hydrogen-bond donors (Lipinski definition) is 1. The molecule has 3 heteroatoms. The predicted octanol–water partition coefficient (Wildman–Crippen LogP) is 3.61. The Morgan fingerprint density at radius 2 is 2.00 bits per heavy atom. The molecule has 0 saturated carbocycles. The van der Waals surface area contributed by atoms with Crippen molar-refractivity contribution in [3.8, 4) is 5.75 Å². The van der Waals surface area contributed by atoms with Gasteiger partial charge in [-0.1, -0.05) is 31.2 Å². The fourth-order valence-corrected chi connectivity index (χ4v) is 3.15. The van der Waals surface area contributed by atoms with Gasteiger partial charge in [0.1, 0.15) is 5.75 Å². The fraction of sp³-hybridized carbons (Fsp3) is 0.375. The molecule has 2 rings (SSSR count). The summed E-state index contributed by atoms with van der Waals surface area (Å²) in [6.45, 7) is 5.56. The predicted molar refractivity (Wildman–Crippen MR) is 82.0 cm³/mol. The molecule has 0 radical (unpaired) electrons. The Morgan fingerprint density at radius 1 is 1.21 bits per heavy atom. The van der Waals surface area contributed by atoms with Crippen LogP contribution < -0.4 is 10.5 Å². The lowest BCUT2D eigenvalue weighted by Crippen LogP contribution is -2.33. The smallest absolute Gasteiger partial charge is 0.122 e. The van der Waals surface area contributed by atoms with E-state index in [0.717, 1.165) is 12.2 Å². The first-order chi connectivity index (χ1) is 9.19. The Hall–Kier alpha value is -1.32. The van der Waals surface area contributed by atoms with Crippen LogP contribution in [-0.4, -0.2) is 13.2 Å². The minimum atomic E-state index is -0.0264. The van der Waals surface area contributed by atoms with E-state index < -0.39 is 0 Å². The Morgan fingerprint density at radius 3 is 2.63 bits per heavy atom. The number of ether oxygens (including phenoxy) is 1. The van der Waals surface area contributed by atoms with Gasteiger partial charge in [-0.2, -0.15) is 0 Å². The van der Waals surface area contributed by atoms with Gasteiger partial charge < -0.3 is 10.5 Å². The molecule has 19 heavy (non-hydrogen) atoms. The largest absolute Gasteiger partial charge is 0.494 e. The van der Waals surface area contributed by atoms with E-state index in [-0.39, 0.29) is 5.41 Å². The molecular formula is C16H21NOS. The highest BCUT2D eigenvalue weighted by Crippen LogP contribution is 2.33. The molecule has 102 valence electrons. The molecule has 0 aliphatic heterocycles. The van der Waals surface area contributed by atoms with E-state index in [4.69, 9.17) is 10.5 Å². The van der Waals surface area contributed by atoms with E-state index in [0.29, 0.717) is 13.2 Å². The van der Waals surface area contributed by atoms with Crippen molar-refractivity contribution in [1.82, 2.24) is 0 Å². The lowest BCUT2D eigenvalue weighted by atomic mass is 9.82. The molecule has 0 fully saturated rings. The maximum Gasteiger partial charge on any atom is 0.122 e. The van der Waals surface area contributed by atoms with Gasteiger partial charge in [0.15, 0.2) is 0 Å². The third-order valence-electron chi connectivity index (χ3n) is 3.42. The van der Waals surface area contributed by atoms with Crippen molar-refractivity contribution in [3.63, 3.8) is 0 Å². The standard InChI is InChI=1S/C16H21NOS/c1-3-18-14-8-5-4-7-13(14)11-16(2,12-17)15-9-6-10-19-15/h4-10H,3,11-12,17H2,1-2H3. The van der Waals surface area contributed by atoms with Crippen LogP contribution in [-0.2, 0) is 11.8 Å². The van der Waals surface area contributed by atoms with E-state index in [9.17, 15) is 0 Å². The van der Waals surface area contributed by atoms with Crippen LogP contribution in [0.4, 0.5) is 0 Å². The topological polar surface area (TPSA) is 35.2 Å². The van der Waals surface area contributed by atoms with Crippen LogP contribution in [0.3, 0.4) is 0 Å². The summed E-state index contributed by atoms with van der Waals surface area (Å²) < 4.78 is 5.71. The minimum Gasteiger partial charge on any atom is -0.494 e. The average Bonchev–Trinajstić information content (AvgIpc) is 2.96. The van der Waals surface area contributed by atoms with Gasteiger partial charge in [0.05, 0.1) is 6.61 Å². The van der Waals surface area contributed by atoms with E-state index in [2.05, 4.69) is 36.6 Å². The number of hydrogen-bond acceptors (Lipinski definition) is 3. The summed E-state index contributed by atoms with van der Waals surface area (Å²) >= 11 is 1.77. The van der Waals surface area contributed by atoms with Gasteiger partial charge in [0, 0.05) is 16.8 Å². The second-order valence-corrected chi connectivity index (χ2v) is 5.91.